The third-order valence-electron chi connectivity index (χ3n) is 10.4. The minimum absolute atomic E-state index is 0.00484. The molecule has 1 unspecified atom stereocenters. The number of carboxylic acid groups (broad SMARTS) is 1. The van der Waals surface area contributed by atoms with E-state index in [1.54, 1.807) is 30.5 Å². The van der Waals surface area contributed by atoms with Crippen LogP contribution in [0.4, 0.5) is 17.5 Å². The van der Waals surface area contributed by atoms with E-state index in [0.717, 1.165) is 10.6 Å². The number of nitrogens with two attached hydrogens (primary N) is 2. The van der Waals surface area contributed by atoms with Crippen molar-refractivity contribution >= 4 is 75.9 Å². The summed E-state index contributed by atoms with van der Waals surface area (Å²) in [6.07, 6.45) is 1.25. The monoisotopic (exact) mass is 942 g/mol. The highest BCUT2D eigenvalue weighted by Crippen LogP contribution is 2.33. The second kappa shape index (κ2) is 23.5. The number of hydrogen-bond donors (Lipinski definition) is 7. The number of anilines is 3. The fraction of sp³-hybridized carbons (Fsp3) is 0.395. The van der Waals surface area contributed by atoms with E-state index in [9.17, 15) is 43.5 Å². The number of fused-ring (bicyclic) bond motifs is 2. The Morgan fingerprint density at radius 3 is 2.24 bits per heavy atom. The molecule has 0 saturated carbocycles. The van der Waals surface area contributed by atoms with Gasteiger partial charge in [0.15, 0.2) is 23.6 Å². The summed E-state index contributed by atoms with van der Waals surface area (Å²) in [7, 11) is 1.81. The van der Waals surface area contributed by atoms with Crippen LogP contribution >= 0.6 is 0 Å². The van der Waals surface area contributed by atoms with E-state index in [1.165, 1.54) is 18.2 Å². The summed E-state index contributed by atoms with van der Waals surface area (Å²) in [5, 5.41) is 19.6. The van der Waals surface area contributed by atoms with Crippen molar-refractivity contribution in [2.45, 2.75) is 44.3 Å². The van der Waals surface area contributed by atoms with Crippen molar-refractivity contribution in [2.24, 2.45) is 0 Å². The van der Waals surface area contributed by atoms with Gasteiger partial charge in [-0.05, 0) is 49.2 Å². The van der Waals surface area contributed by atoms with E-state index >= 15 is 0 Å². The van der Waals surface area contributed by atoms with Crippen molar-refractivity contribution in [3.8, 4) is 5.75 Å². The Morgan fingerprint density at radius 1 is 0.882 bits per heavy atom. The molecule has 1 fully saturated rings. The molecule has 2 aliphatic heterocycles. The van der Waals surface area contributed by atoms with Gasteiger partial charge >= 0.3 is 5.97 Å². The molecule has 7 amide bonds. The van der Waals surface area contributed by atoms with Crippen LogP contribution in [0.5, 0.6) is 5.75 Å². The van der Waals surface area contributed by atoms with Crippen LogP contribution in [-0.4, -0.2) is 156 Å². The number of nitrogens with zero attached hydrogens (tertiary/aromatic N) is 6. The summed E-state index contributed by atoms with van der Waals surface area (Å²) in [4.78, 5) is 119. The first-order valence-electron chi connectivity index (χ1n) is 21.3. The second-order valence-corrected chi connectivity index (χ2v) is 15.3. The first-order valence-corrected chi connectivity index (χ1v) is 21.3. The molecule has 2 aromatic heterocycles. The molecule has 0 bridgehead atoms. The highest BCUT2D eigenvalue weighted by molar-refractivity contribution is 6.24. The Kier molecular flexibility index (Phi) is 17.1. The molecule has 4 heterocycles. The first-order chi connectivity index (χ1) is 32.7. The Morgan fingerprint density at radius 2 is 1.56 bits per heavy atom. The minimum Gasteiger partial charge on any atom is -0.483 e. The number of amides is 7. The van der Waals surface area contributed by atoms with Crippen molar-refractivity contribution < 1.29 is 62.4 Å². The highest BCUT2D eigenvalue weighted by atomic mass is 16.5. The van der Waals surface area contributed by atoms with Gasteiger partial charge in [0.2, 0.25) is 23.7 Å². The average Bonchev–Trinajstić information content (AvgIpc) is 3.57. The Labute approximate surface area is 387 Å². The standard InChI is InChI=1S/C43H50N12O13/c1-54(22-25-21-48-37-35(49-25)36(44)52-43(45)53-37)26-7-5-24(6-8-26)38(59)50-28(42(63)64)9-11-31(56)46-13-15-65-17-19-67-20-18-66-16-14-47-33(58)23-68-30-4-2-3-27-34(30)41(62)55(40(27)61)29-10-12-32(57)51-39(29)60/h2-8,21,28-29H,9-20,22-23H2,1H3,(H,46,56)(H,47,58)(H,50,59)(H,63,64)(H,51,57,60)(H4,44,45,48,52,53)/t28-,29?/m0/s1. The summed E-state index contributed by atoms with van der Waals surface area (Å²) >= 11 is 0. The zero-order chi connectivity index (χ0) is 48.7. The van der Waals surface area contributed by atoms with Gasteiger partial charge < -0.3 is 56.4 Å². The fourth-order valence-electron chi connectivity index (χ4n) is 6.99. The Bertz CT molecular complexity index is 2540. The highest BCUT2D eigenvalue weighted by Gasteiger charge is 2.46. The quantitative estimate of drug-likeness (QED) is 0.0308. The van der Waals surface area contributed by atoms with Crippen molar-refractivity contribution in [3.05, 3.63) is 71.0 Å². The molecule has 2 aliphatic rings. The number of ether oxygens (including phenoxy) is 4. The van der Waals surface area contributed by atoms with E-state index < -0.39 is 66.0 Å². The summed E-state index contributed by atoms with van der Waals surface area (Å²) in [5.41, 5.74) is 13.7. The molecule has 0 spiro atoms. The lowest BCUT2D eigenvalue weighted by Crippen LogP contribution is -2.54. The van der Waals surface area contributed by atoms with Crippen LogP contribution in [0.15, 0.2) is 48.7 Å². The van der Waals surface area contributed by atoms with Crippen LogP contribution in [0, 0.1) is 0 Å². The average molecular weight is 943 g/mol. The summed E-state index contributed by atoms with van der Waals surface area (Å²) < 4.78 is 21.9. The summed E-state index contributed by atoms with van der Waals surface area (Å²) in [6.45, 7) is 1.51. The zero-order valence-corrected chi connectivity index (χ0v) is 36.9. The largest absolute Gasteiger partial charge is 0.483 e. The third kappa shape index (κ3) is 13.1. The van der Waals surface area contributed by atoms with Crippen LogP contribution in [0.1, 0.15) is 62.5 Å². The van der Waals surface area contributed by atoms with Gasteiger partial charge in [-0.15, -0.1) is 0 Å². The van der Waals surface area contributed by atoms with Crippen LogP contribution in [0.2, 0.25) is 0 Å². The molecule has 0 radical (unpaired) electrons. The summed E-state index contributed by atoms with van der Waals surface area (Å²) in [6, 6.07) is 8.41. The molecule has 2 atom stereocenters. The molecule has 6 rings (SSSR count). The molecule has 25 heteroatoms. The maximum atomic E-state index is 13.2. The number of carboxylic acids is 1. The number of aromatic nitrogens is 4. The minimum atomic E-state index is -1.31. The van der Waals surface area contributed by atoms with Crippen molar-refractivity contribution in [2.75, 3.05) is 82.8 Å². The lowest BCUT2D eigenvalue weighted by atomic mass is 10.0. The molecule has 2 aromatic carbocycles. The van der Waals surface area contributed by atoms with Gasteiger partial charge in [0, 0.05) is 44.2 Å². The topological polar surface area (TPSA) is 352 Å². The lowest BCUT2D eigenvalue weighted by molar-refractivity contribution is -0.140. The molecular formula is C43H50N12O13. The number of imide groups is 2. The number of hydrogen-bond acceptors (Lipinski definition) is 19. The number of aliphatic carboxylic acids is 1. The number of carbonyl (C=O) groups is 8. The smallest absolute Gasteiger partial charge is 0.326 e. The number of rotatable bonds is 25. The van der Waals surface area contributed by atoms with Gasteiger partial charge in [0.1, 0.15) is 17.8 Å². The maximum Gasteiger partial charge on any atom is 0.326 e. The normalized spacial score (nSPS) is 14.8. The number of nitrogen functional groups attached to an aromatic ring is 2. The molecule has 1 saturated heterocycles. The molecule has 68 heavy (non-hydrogen) atoms. The fourth-order valence-corrected chi connectivity index (χ4v) is 6.99. The molecule has 4 aromatic rings. The summed E-state index contributed by atoms with van der Waals surface area (Å²) in [5.74, 6) is -5.36. The Balaban J connectivity index is 0.770. The van der Waals surface area contributed by atoms with E-state index in [4.69, 9.17) is 30.4 Å². The number of nitrogens with one attached hydrogen (secondary N) is 4. The first kappa shape index (κ1) is 49.5. The third-order valence-corrected chi connectivity index (χ3v) is 10.4. The van der Waals surface area contributed by atoms with Crippen LogP contribution in [-0.2, 0) is 44.7 Å². The molecule has 360 valence electrons. The Hall–Kier alpha value is -7.90. The molecule has 25 nitrogen and oxygen atoms in total. The predicted molar refractivity (Wildman–Crippen MR) is 238 cm³/mol. The number of piperidine rings is 1. The van der Waals surface area contributed by atoms with E-state index in [0.29, 0.717) is 17.8 Å². The van der Waals surface area contributed by atoms with Crippen molar-refractivity contribution in [1.82, 2.24) is 46.1 Å². The van der Waals surface area contributed by atoms with Crippen molar-refractivity contribution in [1.29, 1.82) is 0 Å². The number of benzene rings is 2. The van der Waals surface area contributed by atoms with Gasteiger partial charge in [0.05, 0.1) is 69.2 Å². The van der Waals surface area contributed by atoms with Gasteiger partial charge in [-0.1, -0.05) is 6.07 Å². The van der Waals surface area contributed by atoms with Gasteiger partial charge in [0.25, 0.3) is 23.6 Å². The van der Waals surface area contributed by atoms with E-state index in [1.807, 2.05) is 11.9 Å². The van der Waals surface area contributed by atoms with Crippen LogP contribution in [0.25, 0.3) is 11.2 Å². The second-order valence-electron chi connectivity index (χ2n) is 15.3. The molecule has 0 aliphatic carbocycles. The van der Waals surface area contributed by atoms with E-state index in [2.05, 4.69) is 41.2 Å². The van der Waals surface area contributed by atoms with Crippen LogP contribution < -0.4 is 42.4 Å². The van der Waals surface area contributed by atoms with E-state index in [-0.39, 0.29) is 118 Å². The van der Waals surface area contributed by atoms with Gasteiger partial charge in [-0.25, -0.2) is 14.8 Å². The number of carbonyl (C=O) groups excluding carboxylic acids is 7. The van der Waals surface area contributed by atoms with Crippen molar-refractivity contribution in [3.63, 3.8) is 0 Å². The SMILES string of the molecule is CN(Cc1cnc2nc(N)nc(N)c2n1)c1ccc(C(=O)N[C@@H](CCC(=O)NCCOCCOCCOCCNC(=O)COc2cccc3c2C(=O)N(C2CCC(=O)NC2=O)C3=O)C(=O)O)cc1. The zero-order valence-electron chi connectivity index (χ0n) is 36.9. The van der Waals surface area contributed by atoms with Crippen LogP contribution in [0.3, 0.4) is 0 Å². The maximum absolute atomic E-state index is 13.2. The van der Waals surface area contributed by atoms with Gasteiger partial charge in [-0.2, -0.15) is 9.97 Å². The predicted octanol–water partition coefficient (Wildman–Crippen LogP) is -1.05. The molecular weight excluding hydrogens is 893 g/mol. The lowest BCUT2D eigenvalue weighted by Gasteiger charge is -2.27. The van der Waals surface area contributed by atoms with Gasteiger partial charge in [-0.3, -0.25) is 43.8 Å². The molecule has 9 N–H and O–H groups in total.